The van der Waals surface area contributed by atoms with E-state index in [-0.39, 0.29) is 24.1 Å². The van der Waals surface area contributed by atoms with E-state index in [1.165, 1.54) is 12.1 Å². The van der Waals surface area contributed by atoms with Crippen LogP contribution in [0.25, 0.3) is 44.2 Å². The lowest BCUT2D eigenvalue weighted by Crippen LogP contribution is -2.00. The van der Waals surface area contributed by atoms with Gasteiger partial charge in [-0.05, 0) is 47.4 Å². The topological polar surface area (TPSA) is 73.8 Å². The van der Waals surface area contributed by atoms with Crippen molar-refractivity contribution in [2.24, 2.45) is 0 Å². The highest BCUT2D eigenvalue weighted by Crippen LogP contribution is 2.44. The summed E-state index contributed by atoms with van der Waals surface area (Å²) in [5, 5.41) is 11.3. The SMILES string of the molecule is CC(=O)c1[nH]c(-c2cc(F)cc3[nH]ccc23)c(C(C)C)c1-c1cccc2c1ccn2CCO. The number of hydrogen-bond donors (Lipinski definition) is 3. The number of carbonyl (C=O) groups excluding carboxylic acids is 1. The van der Waals surface area contributed by atoms with Gasteiger partial charge < -0.3 is 19.6 Å². The summed E-state index contributed by atoms with van der Waals surface area (Å²) in [4.78, 5) is 19.3. The van der Waals surface area contributed by atoms with E-state index in [2.05, 4.69) is 23.8 Å². The predicted molar refractivity (Wildman–Crippen MR) is 130 cm³/mol. The maximum absolute atomic E-state index is 14.5. The van der Waals surface area contributed by atoms with Crippen LogP contribution in [0.2, 0.25) is 0 Å². The van der Waals surface area contributed by atoms with Crippen molar-refractivity contribution >= 4 is 27.6 Å². The molecule has 33 heavy (non-hydrogen) atoms. The van der Waals surface area contributed by atoms with Crippen molar-refractivity contribution in [3.63, 3.8) is 0 Å². The van der Waals surface area contributed by atoms with E-state index in [1.54, 1.807) is 13.1 Å². The lowest BCUT2D eigenvalue weighted by Gasteiger charge is -2.14. The van der Waals surface area contributed by atoms with Crippen LogP contribution in [0.5, 0.6) is 0 Å². The number of aliphatic hydroxyl groups is 1. The molecule has 0 aliphatic carbocycles. The second-order valence-corrected chi connectivity index (χ2v) is 8.74. The van der Waals surface area contributed by atoms with Crippen LogP contribution >= 0.6 is 0 Å². The van der Waals surface area contributed by atoms with Crippen molar-refractivity contribution in [1.82, 2.24) is 14.5 Å². The zero-order chi connectivity index (χ0) is 23.3. The van der Waals surface area contributed by atoms with Gasteiger partial charge in [0.15, 0.2) is 5.78 Å². The smallest absolute Gasteiger partial charge is 0.176 e. The fourth-order valence-corrected chi connectivity index (χ4v) is 4.93. The minimum Gasteiger partial charge on any atom is -0.395 e. The molecule has 2 aromatic carbocycles. The first-order valence-corrected chi connectivity index (χ1v) is 11.1. The quantitative estimate of drug-likeness (QED) is 0.272. The van der Waals surface area contributed by atoms with Gasteiger partial charge in [-0.2, -0.15) is 0 Å². The van der Waals surface area contributed by atoms with Gasteiger partial charge in [-0.3, -0.25) is 4.79 Å². The number of aliphatic hydroxyl groups excluding tert-OH is 1. The highest BCUT2D eigenvalue weighted by Gasteiger charge is 2.26. The number of carbonyl (C=O) groups is 1. The second-order valence-electron chi connectivity index (χ2n) is 8.74. The molecule has 3 aromatic heterocycles. The normalized spacial score (nSPS) is 11.8. The molecule has 0 aliphatic heterocycles. The highest BCUT2D eigenvalue weighted by atomic mass is 19.1. The van der Waals surface area contributed by atoms with Gasteiger partial charge in [0, 0.05) is 58.8 Å². The molecule has 5 nitrogen and oxygen atoms in total. The minimum absolute atomic E-state index is 0.0461. The highest BCUT2D eigenvalue weighted by molar-refractivity contribution is 6.08. The molecular weight excluding hydrogens is 417 g/mol. The Hall–Kier alpha value is -3.64. The molecule has 0 spiro atoms. The molecule has 0 unspecified atom stereocenters. The molecule has 168 valence electrons. The Labute approximate surface area is 190 Å². The lowest BCUT2D eigenvalue weighted by molar-refractivity contribution is 0.101. The first kappa shape index (κ1) is 21.2. The third kappa shape index (κ3) is 3.38. The predicted octanol–water partition coefficient (Wildman–Crippen LogP) is 6.24. The van der Waals surface area contributed by atoms with E-state index in [0.717, 1.165) is 44.2 Å². The number of Topliss-reactive ketones (excluding diaryl/α,β-unsaturated/α-hetero) is 1. The Morgan fingerprint density at radius 1 is 1.12 bits per heavy atom. The fourth-order valence-electron chi connectivity index (χ4n) is 4.93. The number of fused-ring (bicyclic) bond motifs is 2. The number of ketones is 1. The molecule has 5 aromatic rings. The lowest BCUT2D eigenvalue weighted by atomic mass is 9.88. The summed E-state index contributed by atoms with van der Waals surface area (Å²) in [6.45, 7) is 6.27. The van der Waals surface area contributed by atoms with E-state index in [4.69, 9.17) is 0 Å². The van der Waals surface area contributed by atoms with E-state index < -0.39 is 0 Å². The molecule has 5 rings (SSSR count). The van der Waals surface area contributed by atoms with Gasteiger partial charge in [-0.15, -0.1) is 0 Å². The largest absolute Gasteiger partial charge is 0.395 e. The van der Waals surface area contributed by atoms with Crippen molar-refractivity contribution < 1.29 is 14.3 Å². The molecule has 0 fully saturated rings. The molecule has 0 bridgehead atoms. The number of nitrogens with one attached hydrogen (secondary N) is 2. The summed E-state index contributed by atoms with van der Waals surface area (Å²) in [5.41, 5.74) is 6.50. The third-order valence-corrected chi connectivity index (χ3v) is 6.29. The van der Waals surface area contributed by atoms with Crippen LogP contribution in [-0.2, 0) is 6.54 Å². The van der Waals surface area contributed by atoms with Crippen LogP contribution < -0.4 is 0 Å². The van der Waals surface area contributed by atoms with Crippen LogP contribution in [0.4, 0.5) is 4.39 Å². The van der Waals surface area contributed by atoms with Crippen LogP contribution in [0.1, 0.15) is 42.7 Å². The zero-order valence-electron chi connectivity index (χ0n) is 18.9. The van der Waals surface area contributed by atoms with E-state index in [9.17, 15) is 14.3 Å². The van der Waals surface area contributed by atoms with E-state index in [0.29, 0.717) is 17.8 Å². The number of nitrogens with zero attached hydrogens (tertiary/aromatic N) is 1. The molecule has 0 radical (unpaired) electrons. The Morgan fingerprint density at radius 3 is 2.67 bits per heavy atom. The van der Waals surface area contributed by atoms with Crippen molar-refractivity contribution in [1.29, 1.82) is 0 Å². The van der Waals surface area contributed by atoms with Gasteiger partial charge in [0.05, 0.1) is 18.0 Å². The molecule has 3 N–H and O–H groups in total. The second kappa shape index (κ2) is 8.05. The van der Waals surface area contributed by atoms with Gasteiger partial charge in [-0.1, -0.05) is 26.0 Å². The first-order valence-electron chi connectivity index (χ1n) is 11.1. The third-order valence-electron chi connectivity index (χ3n) is 6.29. The summed E-state index contributed by atoms with van der Waals surface area (Å²) in [5.74, 6) is -0.337. The molecule has 6 heteroatoms. The first-order chi connectivity index (χ1) is 15.9. The summed E-state index contributed by atoms with van der Waals surface area (Å²) in [6.07, 6.45) is 3.75. The van der Waals surface area contributed by atoms with E-state index in [1.807, 2.05) is 41.1 Å². The number of halogens is 1. The number of aromatic nitrogens is 3. The number of H-pyrrole nitrogens is 2. The molecule has 0 saturated carbocycles. The number of benzene rings is 2. The summed E-state index contributed by atoms with van der Waals surface area (Å²) < 4.78 is 16.5. The molecule has 0 saturated heterocycles. The Bertz CT molecular complexity index is 1500. The maximum Gasteiger partial charge on any atom is 0.176 e. The van der Waals surface area contributed by atoms with Crippen LogP contribution in [0.3, 0.4) is 0 Å². The molecular formula is C27H26FN3O2. The van der Waals surface area contributed by atoms with Crippen LogP contribution in [-0.4, -0.2) is 32.0 Å². The van der Waals surface area contributed by atoms with Crippen molar-refractivity contribution in [3.8, 4) is 22.4 Å². The zero-order valence-corrected chi connectivity index (χ0v) is 18.9. The number of hydrogen-bond acceptors (Lipinski definition) is 2. The van der Waals surface area contributed by atoms with Crippen molar-refractivity contribution in [3.05, 3.63) is 71.9 Å². The van der Waals surface area contributed by atoms with Crippen LogP contribution in [0.15, 0.2) is 54.9 Å². The Kier molecular flexibility index (Phi) is 5.17. The fraction of sp³-hybridized carbons (Fsp3) is 0.222. The van der Waals surface area contributed by atoms with Crippen molar-refractivity contribution in [2.45, 2.75) is 33.2 Å². The van der Waals surface area contributed by atoms with Gasteiger partial charge in [0.1, 0.15) is 5.82 Å². The summed E-state index contributed by atoms with van der Waals surface area (Å²) >= 11 is 0. The monoisotopic (exact) mass is 443 g/mol. The molecule has 0 atom stereocenters. The van der Waals surface area contributed by atoms with Crippen molar-refractivity contribution in [2.75, 3.05) is 6.61 Å². The van der Waals surface area contributed by atoms with Gasteiger partial charge in [-0.25, -0.2) is 4.39 Å². The molecule has 0 aliphatic rings. The van der Waals surface area contributed by atoms with E-state index >= 15 is 0 Å². The van der Waals surface area contributed by atoms with Gasteiger partial charge in [0.2, 0.25) is 0 Å². The molecule has 0 amide bonds. The molecule has 3 heterocycles. The average Bonchev–Trinajstić information content (AvgIpc) is 3.49. The Morgan fingerprint density at radius 2 is 1.94 bits per heavy atom. The minimum atomic E-state index is -0.335. The summed E-state index contributed by atoms with van der Waals surface area (Å²) in [6, 6.07) is 13.0. The standard InChI is InChI=1S/C27H26FN3O2/c1-15(2)24-25(20-5-4-6-23-19(20)8-10-31(23)11-12-32)26(16(3)33)30-27(24)21-13-17(28)14-22-18(21)7-9-29-22/h4-10,13-15,29-30,32H,11-12H2,1-3H3. The van der Waals surface area contributed by atoms with Crippen LogP contribution in [0, 0.1) is 5.82 Å². The summed E-state index contributed by atoms with van der Waals surface area (Å²) in [7, 11) is 0. The average molecular weight is 444 g/mol. The van der Waals surface area contributed by atoms with Gasteiger partial charge in [0.25, 0.3) is 0 Å². The van der Waals surface area contributed by atoms with Gasteiger partial charge >= 0.3 is 0 Å². The maximum atomic E-state index is 14.5. The Balaban J connectivity index is 1.86. The number of rotatable bonds is 6. The number of aromatic amines is 2.